The average molecular weight is 1030 g/mol. The third kappa shape index (κ3) is 6.25. The largest absolute Gasteiger partial charge is 0.309 e. The van der Waals surface area contributed by atoms with Gasteiger partial charge in [-0.05, 0) is 152 Å². The molecule has 6 heterocycles. The van der Waals surface area contributed by atoms with Crippen molar-refractivity contribution in [2.45, 2.75) is 78.1 Å². The molecular weight excluding hydrogens is 973 g/mol. The fourth-order valence-electron chi connectivity index (χ4n) is 14.7. The van der Waals surface area contributed by atoms with Gasteiger partial charge in [-0.25, -0.2) is 0 Å². The number of aromatic nitrogens is 4. The predicted molar refractivity (Wildman–Crippen MR) is 336 cm³/mol. The van der Waals surface area contributed by atoms with Gasteiger partial charge in [0, 0.05) is 55.5 Å². The first-order valence-electron chi connectivity index (χ1n) is 28.4. The zero-order valence-corrected chi connectivity index (χ0v) is 46.5. The number of hydrogen-bond acceptors (Lipinski definition) is 4. The highest BCUT2D eigenvalue weighted by atomic mass is 15.2. The molecule has 0 aliphatic carbocycles. The topological polar surface area (TPSA) is 42.1 Å². The van der Waals surface area contributed by atoms with Gasteiger partial charge < -0.3 is 18.9 Å². The van der Waals surface area contributed by atoms with Gasteiger partial charge in [-0.3, -0.25) is 9.97 Å². The summed E-state index contributed by atoms with van der Waals surface area (Å²) >= 11 is 0. The Labute approximate surface area is 466 Å². The molecule has 2 aliphatic heterocycles. The van der Waals surface area contributed by atoms with E-state index >= 15 is 0 Å². The molecule has 0 saturated carbocycles. The van der Waals surface area contributed by atoms with Gasteiger partial charge in [-0.1, -0.05) is 152 Å². The van der Waals surface area contributed by atoms with Crippen LogP contribution in [-0.2, 0) is 10.8 Å². The monoisotopic (exact) mass is 1030 g/mol. The summed E-state index contributed by atoms with van der Waals surface area (Å²) in [6, 6.07) is 69.2. The van der Waals surface area contributed by atoms with Gasteiger partial charge in [0.15, 0.2) is 0 Å². The van der Waals surface area contributed by atoms with Crippen molar-refractivity contribution in [1.29, 1.82) is 0 Å². The van der Waals surface area contributed by atoms with Gasteiger partial charge in [0.25, 0.3) is 0 Å². The molecule has 0 spiro atoms. The zero-order chi connectivity index (χ0) is 54.1. The van der Waals surface area contributed by atoms with Crippen LogP contribution in [0.1, 0.15) is 101 Å². The molecule has 2 aliphatic rings. The zero-order valence-electron chi connectivity index (χ0n) is 46.5. The van der Waals surface area contributed by atoms with E-state index in [1.165, 1.54) is 132 Å². The Morgan fingerprint density at radius 1 is 0.338 bits per heavy atom. The lowest BCUT2D eigenvalue weighted by atomic mass is 9.72. The van der Waals surface area contributed by atoms with E-state index in [2.05, 4.69) is 254 Å². The van der Waals surface area contributed by atoms with E-state index in [1.54, 1.807) is 0 Å². The summed E-state index contributed by atoms with van der Waals surface area (Å²) in [6.07, 6.45) is 7.70. The molecule has 14 aromatic rings. The minimum Gasteiger partial charge on any atom is -0.309 e. The van der Waals surface area contributed by atoms with Crippen LogP contribution in [0.15, 0.2) is 207 Å². The summed E-state index contributed by atoms with van der Waals surface area (Å²) in [4.78, 5) is 14.5. The highest BCUT2D eigenvalue weighted by molar-refractivity contribution is 6.30. The van der Waals surface area contributed by atoms with Crippen LogP contribution in [0.25, 0.3) is 87.3 Å². The molecule has 386 valence electrons. The minimum absolute atomic E-state index is 0.232. The molecule has 6 heteroatoms. The molecule has 6 nitrogen and oxygen atoms in total. The van der Waals surface area contributed by atoms with Gasteiger partial charge in [0.1, 0.15) is 0 Å². The van der Waals surface area contributed by atoms with E-state index in [0.717, 1.165) is 22.4 Å². The van der Waals surface area contributed by atoms with Crippen molar-refractivity contribution >= 4 is 110 Å². The molecule has 0 unspecified atom stereocenters. The molecule has 0 fully saturated rings. The third-order valence-corrected chi connectivity index (χ3v) is 18.5. The SMILES string of the molecule is CC(C)c1cc2ccc(N3c4ccccc4C(C)(C)c4cc5c6ccccc6n(-c6cccnc6)c5cc43)c3c(C(C)C)cc4ccc(N5c6ccccc6C(C)(C)c6cc7c8ccccc8n(-c8cccnc8)c7cc65)c1c4c23. The summed E-state index contributed by atoms with van der Waals surface area (Å²) in [5, 5.41) is 12.7. The number of para-hydroxylation sites is 4. The van der Waals surface area contributed by atoms with Gasteiger partial charge in [0.2, 0.25) is 0 Å². The lowest BCUT2D eigenvalue weighted by Gasteiger charge is -2.43. The number of anilines is 6. The van der Waals surface area contributed by atoms with E-state index in [9.17, 15) is 0 Å². The molecule has 4 aromatic heterocycles. The van der Waals surface area contributed by atoms with Crippen LogP contribution in [-0.4, -0.2) is 19.1 Å². The predicted octanol–water partition coefficient (Wildman–Crippen LogP) is 20.0. The summed E-state index contributed by atoms with van der Waals surface area (Å²) < 4.78 is 4.81. The highest BCUT2D eigenvalue weighted by Crippen LogP contribution is 2.59. The van der Waals surface area contributed by atoms with Gasteiger partial charge >= 0.3 is 0 Å². The van der Waals surface area contributed by atoms with Gasteiger partial charge in [-0.2, -0.15) is 0 Å². The fourth-order valence-corrected chi connectivity index (χ4v) is 14.7. The summed E-state index contributed by atoms with van der Waals surface area (Å²) in [7, 11) is 0. The normalized spacial score (nSPS) is 14.6. The maximum absolute atomic E-state index is 4.64. The molecule has 0 saturated heterocycles. The first kappa shape index (κ1) is 46.8. The first-order valence-corrected chi connectivity index (χ1v) is 28.4. The van der Waals surface area contributed by atoms with Crippen LogP contribution >= 0.6 is 0 Å². The number of nitrogens with zero attached hydrogens (tertiary/aromatic N) is 6. The van der Waals surface area contributed by atoms with Crippen LogP contribution in [0, 0.1) is 0 Å². The molecule has 10 aromatic carbocycles. The van der Waals surface area contributed by atoms with Crippen molar-refractivity contribution in [2.75, 3.05) is 9.80 Å². The Hall–Kier alpha value is -9.26. The van der Waals surface area contributed by atoms with E-state index in [1.807, 2.05) is 36.9 Å². The maximum Gasteiger partial charge on any atom is 0.0645 e. The fraction of sp³-hybridized carbons (Fsp3) is 0.162. The summed E-state index contributed by atoms with van der Waals surface area (Å²) in [6.45, 7) is 19.1. The molecule has 0 atom stereocenters. The Morgan fingerprint density at radius 3 is 1.16 bits per heavy atom. The second-order valence-electron chi connectivity index (χ2n) is 24.2. The summed E-state index contributed by atoms with van der Waals surface area (Å²) in [5.74, 6) is 0.464. The van der Waals surface area contributed by atoms with E-state index < -0.39 is 0 Å². The van der Waals surface area contributed by atoms with E-state index in [0.29, 0.717) is 0 Å². The van der Waals surface area contributed by atoms with Crippen LogP contribution in [0.2, 0.25) is 0 Å². The van der Waals surface area contributed by atoms with Crippen LogP contribution < -0.4 is 9.80 Å². The van der Waals surface area contributed by atoms with Crippen molar-refractivity contribution in [1.82, 2.24) is 19.1 Å². The minimum atomic E-state index is -0.298. The maximum atomic E-state index is 4.64. The summed E-state index contributed by atoms with van der Waals surface area (Å²) in [5.41, 5.74) is 21.3. The van der Waals surface area contributed by atoms with E-state index in [-0.39, 0.29) is 22.7 Å². The number of pyridine rings is 2. The first-order chi connectivity index (χ1) is 38.9. The van der Waals surface area contributed by atoms with Crippen molar-refractivity contribution in [3.8, 4) is 11.4 Å². The van der Waals surface area contributed by atoms with Gasteiger partial charge in [-0.15, -0.1) is 0 Å². The molecule has 16 rings (SSSR count). The number of fused-ring (bicyclic) bond motifs is 10. The Bertz CT molecular complexity index is 4590. The standard InChI is InChI=1S/C74H60N6/c1-43(2)51-35-45-29-32-64(80-62-28-16-12-24-56(62)74(7,8)58-38-54-50-22-10-14-26-60(50)78(66(54)40-68(58)80)48-20-18-34-76-42-48)72-52(44(3)4)36-46-30-31-63(71(51)69(46)70(45)72)79-61-27-15-11-23-55(61)73(5,6)57-37-53-49-21-9-13-25-59(49)77(65(53)39-67(57)79)47-19-17-33-75-41-47/h9-44H,1-8H3. The Morgan fingerprint density at radius 2 is 0.750 bits per heavy atom. The van der Waals surface area contributed by atoms with Crippen molar-refractivity contribution in [3.05, 3.63) is 240 Å². The molecule has 0 amide bonds. The van der Waals surface area contributed by atoms with Crippen molar-refractivity contribution in [2.24, 2.45) is 0 Å². The Kier molecular flexibility index (Phi) is 9.73. The van der Waals surface area contributed by atoms with Crippen molar-refractivity contribution in [3.63, 3.8) is 0 Å². The van der Waals surface area contributed by atoms with Crippen LogP contribution in [0.5, 0.6) is 0 Å². The quantitative estimate of drug-likeness (QED) is 0.156. The lowest BCUT2D eigenvalue weighted by Crippen LogP contribution is -2.31. The van der Waals surface area contributed by atoms with Gasteiger partial charge in [0.05, 0.1) is 80.0 Å². The van der Waals surface area contributed by atoms with Crippen LogP contribution in [0.4, 0.5) is 34.1 Å². The molecule has 0 bridgehead atoms. The molecule has 80 heavy (non-hydrogen) atoms. The number of hydrogen-bond donors (Lipinski definition) is 0. The lowest BCUT2D eigenvalue weighted by molar-refractivity contribution is 0.633. The van der Waals surface area contributed by atoms with Crippen molar-refractivity contribution < 1.29 is 0 Å². The molecule has 0 N–H and O–H groups in total. The second kappa shape index (κ2) is 16.6. The molecule has 0 radical (unpaired) electrons. The third-order valence-electron chi connectivity index (χ3n) is 18.5. The average Bonchev–Trinajstić information content (AvgIpc) is 3.31. The Balaban J connectivity index is 1.02. The number of benzene rings is 10. The molecular formula is C74H60N6. The van der Waals surface area contributed by atoms with Crippen LogP contribution in [0.3, 0.4) is 0 Å². The highest BCUT2D eigenvalue weighted by Gasteiger charge is 2.41. The van der Waals surface area contributed by atoms with E-state index in [4.69, 9.17) is 0 Å². The number of rotatable bonds is 6. The smallest absolute Gasteiger partial charge is 0.0645 e. The second-order valence-corrected chi connectivity index (χ2v) is 24.2.